The second kappa shape index (κ2) is 6.02. The van der Waals surface area contributed by atoms with Crippen molar-refractivity contribution >= 4 is 5.82 Å². The van der Waals surface area contributed by atoms with E-state index in [1.54, 1.807) is 6.92 Å². The van der Waals surface area contributed by atoms with Crippen molar-refractivity contribution in [3.05, 3.63) is 41.3 Å². The lowest BCUT2D eigenvalue weighted by Gasteiger charge is -2.16. The fourth-order valence-electron chi connectivity index (χ4n) is 2.04. The van der Waals surface area contributed by atoms with Gasteiger partial charge in [0.15, 0.2) is 5.82 Å². The predicted octanol–water partition coefficient (Wildman–Crippen LogP) is 1.76. The van der Waals surface area contributed by atoms with Crippen LogP contribution in [0.2, 0.25) is 0 Å². The lowest BCUT2D eigenvalue weighted by atomic mass is 10.2. The van der Waals surface area contributed by atoms with Crippen molar-refractivity contribution in [3.8, 4) is 0 Å². The van der Waals surface area contributed by atoms with Crippen molar-refractivity contribution in [2.75, 3.05) is 5.43 Å². The van der Waals surface area contributed by atoms with Crippen LogP contribution in [-0.4, -0.2) is 26.2 Å². The SMILES string of the molecule is Cc1ccc(C)n1Nc1ccc(C(C)NC(C)O)nn1. The fourth-order valence-corrected chi connectivity index (χ4v) is 2.04. The summed E-state index contributed by atoms with van der Waals surface area (Å²) in [6, 6.07) is 7.80. The molecule has 108 valence electrons. The normalized spacial score (nSPS) is 14.1. The number of aliphatic hydroxyl groups is 1. The van der Waals surface area contributed by atoms with Crippen molar-refractivity contribution in [1.82, 2.24) is 20.2 Å². The molecule has 0 aromatic carbocycles. The van der Waals surface area contributed by atoms with E-state index >= 15 is 0 Å². The summed E-state index contributed by atoms with van der Waals surface area (Å²) in [5.74, 6) is 0.681. The molecule has 2 unspecified atom stereocenters. The minimum absolute atomic E-state index is 0.0494. The molecule has 2 aromatic rings. The predicted molar refractivity (Wildman–Crippen MR) is 78.2 cm³/mol. The van der Waals surface area contributed by atoms with Crippen LogP contribution >= 0.6 is 0 Å². The third-order valence-electron chi connectivity index (χ3n) is 3.12. The molecule has 2 atom stereocenters. The molecule has 0 aliphatic carbocycles. The van der Waals surface area contributed by atoms with E-state index < -0.39 is 6.23 Å². The van der Waals surface area contributed by atoms with Gasteiger partial charge in [0.1, 0.15) is 6.23 Å². The molecule has 2 aromatic heterocycles. The van der Waals surface area contributed by atoms with Gasteiger partial charge in [0.25, 0.3) is 0 Å². The zero-order valence-electron chi connectivity index (χ0n) is 12.3. The molecular weight excluding hydrogens is 254 g/mol. The lowest BCUT2D eigenvalue weighted by molar-refractivity contribution is 0.142. The highest BCUT2D eigenvalue weighted by molar-refractivity contribution is 5.35. The van der Waals surface area contributed by atoms with Crippen LogP contribution in [0.25, 0.3) is 0 Å². The van der Waals surface area contributed by atoms with Crippen molar-refractivity contribution in [3.63, 3.8) is 0 Å². The lowest BCUT2D eigenvalue weighted by Crippen LogP contribution is -2.29. The first-order chi connectivity index (χ1) is 9.47. The summed E-state index contributed by atoms with van der Waals surface area (Å²) in [5.41, 5.74) is 6.21. The molecule has 6 nitrogen and oxygen atoms in total. The summed E-state index contributed by atoms with van der Waals surface area (Å²) in [6.07, 6.45) is -0.574. The minimum atomic E-state index is -0.574. The molecule has 2 heterocycles. The van der Waals surface area contributed by atoms with Crippen LogP contribution in [0.1, 0.15) is 37.0 Å². The van der Waals surface area contributed by atoms with Crippen LogP contribution in [0.4, 0.5) is 5.82 Å². The van der Waals surface area contributed by atoms with E-state index in [1.807, 2.05) is 49.7 Å². The molecule has 20 heavy (non-hydrogen) atoms. The van der Waals surface area contributed by atoms with E-state index in [1.165, 1.54) is 0 Å². The van der Waals surface area contributed by atoms with Crippen LogP contribution < -0.4 is 10.7 Å². The molecule has 0 fully saturated rings. The first-order valence-corrected chi connectivity index (χ1v) is 6.67. The number of hydrogen-bond acceptors (Lipinski definition) is 5. The Balaban J connectivity index is 2.09. The Labute approximate surface area is 118 Å². The van der Waals surface area contributed by atoms with Gasteiger partial charge < -0.3 is 5.11 Å². The maximum Gasteiger partial charge on any atom is 0.167 e. The Morgan fingerprint density at radius 1 is 1.05 bits per heavy atom. The smallest absolute Gasteiger partial charge is 0.167 e. The monoisotopic (exact) mass is 275 g/mol. The highest BCUT2D eigenvalue weighted by Crippen LogP contribution is 2.12. The maximum atomic E-state index is 9.30. The molecule has 0 saturated carbocycles. The quantitative estimate of drug-likeness (QED) is 0.725. The topological polar surface area (TPSA) is 75.0 Å². The van der Waals surface area contributed by atoms with E-state index in [0.29, 0.717) is 5.82 Å². The van der Waals surface area contributed by atoms with Crippen LogP contribution in [0.5, 0.6) is 0 Å². The first-order valence-electron chi connectivity index (χ1n) is 6.67. The molecule has 0 aliphatic rings. The van der Waals surface area contributed by atoms with Crippen LogP contribution in [0.3, 0.4) is 0 Å². The molecule has 0 bridgehead atoms. The zero-order valence-corrected chi connectivity index (χ0v) is 12.3. The number of aliphatic hydroxyl groups excluding tert-OH is 1. The molecule has 0 amide bonds. The Morgan fingerprint density at radius 2 is 1.70 bits per heavy atom. The van der Waals surface area contributed by atoms with E-state index in [2.05, 4.69) is 20.9 Å². The van der Waals surface area contributed by atoms with E-state index in [4.69, 9.17) is 0 Å². The average Bonchev–Trinajstić information content (AvgIpc) is 2.70. The van der Waals surface area contributed by atoms with Gasteiger partial charge in [0, 0.05) is 11.4 Å². The molecule has 6 heteroatoms. The van der Waals surface area contributed by atoms with Gasteiger partial charge in [-0.3, -0.25) is 15.4 Å². The minimum Gasteiger partial charge on any atom is -0.379 e. The van der Waals surface area contributed by atoms with Crippen molar-refractivity contribution in [1.29, 1.82) is 0 Å². The molecule has 0 saturated heterocycles. The second-order valence-electron chi connectivity index (χ2n) is 4.97. The summed E-state index contributed by atoms with van der Waals surface area (Å²) in [6.45, 7) is 7.66. The number of nitrogens with one attached hydrogen (secondary N) is 2. The van der Waals surface area contributed by atoms with Crippen LogP contribution in [0.15, 0.2) is 24.3 Å². The maximum absolute atomic E-state index is 9.30. The summed E-state index contributed by atoms with van der Waals surface area (Å²) in [4.78, 5) is 0. The summed E-state index contributed by atoms with van der Waals surface area (Å²) in [7, 11) is 0. The summed E-state index contributed by atoms with van der Waals surface area (Å²) < 4.78 is 1.96. The van der Waals surface area contributed by atoms with Gasteiger partial charge in [-0.25, -0.2) is 0 Å². The zero-order chi connectivity index (χ0) is 14.7. The van der Waals surface area contributed by atoms with Gasteiger partial charge in [-0.15, -0.1) is 5.10 Å². The Kier molecular flexibility index (Phi) is 4.36. The van der Waals surface area contributed by atoms with Gasteiger partial charge in [-0.2, -0.15) is 5.10 Å². The second-order valence-corrected chi connectivity index (χ2v) is 4.97. The number of rotatable bonds is 5. The van der Waals surface area contributed by atoms with E-state index in [0.717, 1.165) is 17.1 Å². The number of aromatic nitrogens is 3. The van der Waals surface area contributed by atoms with Gasteiger partial charge in [-0.05, 0) is 52.0 Å². The molecule has 0 spiro atoms. The van der Waals surface area contributed by atoms with Gasteiger partial charge >= 0.3 is 0 Å². The fraction of sp³-hybridized carbons (Fsp3) is 0.429. The highest BCUT2D eigenvalue weighted by atomic mass is 16.3. The molecule has 2 rings (SSSR count). The van der Waals surface area contributed by atoms with Gasteiger partial charge in [0.05, 0.1) is 11.7 Å². The Morgan fingerprint density at radius 3 is 2.20 bits per heavy atom. The Bertz CT molecular complexity index is 542. The summed E-state index contributed by atoms with van der Waals surface area (Å²) in [5, 5.41) is 20.6. The van der Waals surface area contributed by atoms with Gasteiger partial charge in [0.2, 0.25) is 0 Å². The first kappa shape index (κ1) is 14.5. The van der Waals surface area contributed by atoms with Crippen molar-refractivity contribution in [2.45, 2.75) is 40.0 Å². The van der Waals surface area contributed by atoms with E-state index in [9.17, 15) is 5.11 Å². The van der Waals surface area contributed by atoms with E-state index in [-0.39, 0.29) is 6.04 Å². The largest absolute Gasteiger partial charge is 0.379 e. The Hall–Kier alpha value is -1.92. The summed E-state index contributed by atoms with van der Waals surface area (Å²) >= 11 is 0. The third kappa shape index (κ3) is 3.34. The molecule has 0 radical (unpaired) electrons. The molecule has 0 aliphatic heterocycles. The van der Waals surface area contributed by atoms with Crippen molar-refractivity contribution in [2.24, 2.45) is 0 Å². The molecular formula is C14H21N5O. The number of hydrogen-bond donors (Lipinski definition) is 3. The van der Waals surface area contributed by atoms with Crippen LogP contribution in [0, 0.1) is 13.8 Å². The number of anilines is 1. The number of nitrogens with zero attached hydrogens (tertiary/aromatic N) is 3. The van der Waals surface area contributed by atoms with Gasteiger partial charge in [-0.1, -0.05) is 0 Å². The standard InChI is InChI=1S/C14H21N5O/c1-9-5-6-10(2)19(9)18-14-8-7-13(16-17-14)11(3)15-12(4)20/h5-8,11-12,15,20H,1-4H3,(H,17,18). The highest BCUT2D eigenvalue weighted by Gasteiger charge is 2.09. The molecule has 3 N–H and O–H groups in total. The van der Waals surface area contributed by atoms with Crippen LogP contribution in [-0.2, 0) is 0 Å². The van der Waals surface area contributed by atoms with Crippen molar-refractivity contribution < 1.29 is 5.11 Å². The average molecular weight is 275 g/mol. The third-order valence-corrected chi connectivity index (χ3v) is 3.12. The number of aryl methyl sites for hydroxylation is 2.